The molecule has 1 N–H and O–H groups in total. The van der Waals surface area contributed by atoms with Gasteiger partial charge in [-0.25, -0.2) is 0 Å². The maximum atomic E-state index is 3.62. The summed E-state index contributed by atoms with van der Waals surface area (Å²) in [7, 11) is 0. The summed E-state index contributed by atoms with van der Waals surface area (Å²) in [6, 6.07) is 15.7. The van der Waals surface area contributed by atoms with Gasteiger partial charge in [-0.05, 0) is 67.6 Å². The minimum Gasteiger partial charge on any atom is -0.355 e. The molecule has 0 aromatic heterocycles. The lowest BCUT2D eigenvalue weighted by atomic mass is 10.0. The summed E-state index contributed by atoms with van der Waals surface area (Å²) in [5.41, 5.74) is 6.91. The Balaban J connectivity index is 1.55. The quantitative estimate of drug-likeness (QED) is 0.876. The number of rotatable bonds is 2. The van der Waals surface area contributed by atoms with Crippen LogP contribution < -0.4 is 5.32 Å². The van der Waals surface area contributed by atoms with Gasteiger partial charge in [0.25, 0.3) is 0 Å². The van der Waals surface area contributed by atoms with Gasteiger partial charge in [-0.3, -0.25) is 4.90 Å². The van der Waals surface area contributed by atoms with Crippen LogP contribution in [-0.4, -0.2) is 18.0 Å². The van der Waals surface area contributed by atoms with E-state index in [-0.39, 0.29) is 0 Å². The van der Waals surface area contributed by atoms with Crippen molar-refractivity contribution in [3.63, 3.8) is 0 Å². The highest BCUT2D eigenvalue weighted by molar-refractivity contribution is 5.68. The average Bonchev–Trinajstić information content (AvgIpc) is 2.75. The first-order valence-electron chi connectivity index (χ1n) is 8.57. The van der Waals surface area contributed by atoms with Crippen molar-refractivity contribution >= 4 is 11.4 Å². The SMILES string of the molecule is c1ccc2c(c1)CCc1cc(CN3CCCCC3)ccc1N2. The third-order valence-corrected chi connectivity index (χ3v) is 4.97. The molecule has 0 atom stereocenters. The van der Waals surface area contributed by atoms with Crippen molar-refractivity contribution in [1.82, 2.24) is 4.90 Å². The Labute approximate surface area is 133 Å². The Bertz CT molecular complexity index is 657. The largest absolute Gasteiger partial charge is 0.355 e. The number of anilines is 2. The first kappa shape index (κ1) is 13.8. The molecular weight excluding hydrogens is 268 g/mol. The molecule has 2 aromatic carbocycles. The fraction of sp³-hybridized carbons (Fsp3) is 0.400. The molecule has 2 aromatic rings. The van der Waals surface area contributed by atoms with Crippen LogP contribution in [-0.2, 0) is 19.4 Å². The second kappa shape index (κ2) is 6.13. The number of hydrogen-bond donors (Lipinski definition) is 1. The molecule has 2 heteroatoms. The van der Waals surface area contributed by atoms with Crippen LogP contribution in [0.2, 0.25) is 0 Å². The van der Waals surface area contributed by atoms with E-state index in [0.29, 0.717) is 0 Å². The highest BCUT2D eigenvalue weighted by atomic mass is 15.1. The van der Waals surface area contributed by atoms with Gasteiger partial charge in [0.1, 0.15) is 0 Å². The number of nitrogens with one attached hydrogen (secondary N) is 1. The molecular formula is C20H24N2. The molecule has 0 saturated carbocycles. The minimum absolute atomic E-state index is 1.11. The zero-order chi connectivity index (χ0) is 14.8. The third-order valence-electron chi connectivity index (χ3n) is 4.97. The number of likely N-dealkylation sites (tertiary alicyclic amines) is 1. The Morgan fingerprint density at radius 1 is 0.818 bits per heavy atom. The van der Waals surface area contributed by atoms with Crippen molar-refractivity contribution in [3.05, 3.63) is 59.2 Å². The second-order valence-corrected chi connectivity index (χ2v) is 6.61. The summed E-state index contributed by atoms with van der Waals surface area (Å²) in [5, 5.41) is 3.62. The topological polar surface area (TPSA) is 15.3 Å². The number of aryl methyl sites for hydroxylation is 2. The van der Waals surface area contributed by atoms with E-state index in [1.807, 2.05) is 0 Å². The van der Waals surface area contributed by atoms with Crippen LogP contribution in [0.4, 0.5) is 11.4 Å². The first-order valence-corrected chi connectivity index (χ1v) is 8.57. The monoisotopic (exact) mass is 292 g/mol. The Kier molecular flexibility index (Phi) is 3.86. The fourth-order valence-electron chi connectivity index (χ4n) is 3.72. The van der Waals surface area contributed by atoms with Crippen LogP contribution in [0.3, 0.4) is 0 Å². The van der Waals surface area contributed by atoms with Gasteiger partial charge in [-0.1, -0.05) is 36.8 Å². The highest BCUT2D eigenvalue weighted by Crippen LogP contribution is 2.30. The molecule has 2 aliphatic rings. The second-order valence-electron chi connectivity index (χ2n) is 6.61. The van der Waals surface area contributed by atoms with E-state index in [1.165, 1.54) is 60.4 Å². The van der Waals surface area contributed by atoms with Gasteiger partial charge in [-0.2, -0.15) is 0 Å². The van der Waals surface area contributed by atoms with Crippen molar-refractivity contribution in [2.24, 2.45) is 0 Å². The maximum Gasteiger partial charge on any atom is 0.0417 e. The molecule has 0 bridgehead atoms. The molecule has 0 aliphatic carbocycles. The first-order chi connectivity index (χ1) is 10.9. The summed E-state index contributed by atoms with van der Waals surface area (Å²) in [6.45, 7) is 3.64. The Morgan fingerprint density at radius 2 is 1.59 bits per heavy atom. The summed E-state index contributed by atoms with van der Waals surface area (Å²) in [5.74, 6) is 0. The number of benzene rings is 2. The molecule has 0 radical (unpaired) electrons. The molecule has 0 unspecified atom stereocenters. The molecule has 4 rings (SSSR count). The van der Waals surface area contributed by atoms with Gasteiger partial charge >= 0.3 is 0 Å². The number of hydrogen-bond acceptors (Lipinski definition) is 2. The molecule has 0 amide bonds. The average molecular weight is 292 g/mol. The van der Waals surface area contributed by atoms with Gasteiger partial charge in [0, 0.05) is 17.9 Å². The van der Waals surface area contributed by atoms with Gasteiger partial charge in [-0.15, -0.1) is 0 Å². The van der Waals surface area contributed by atoms with Gasteiger partial charge in [0.05, 0.1) is 0 Å². The van der Waals surface area contributed by atoms with Crippen molar-refractivity contribution < 1.29 is 0 Å². The molecule has 22 heavy (non-hydrogen) atoms. The van der Waals surface area contributed by atoms with Crippen LogP contribution in [0.15, 0.2) is 42.5 Å². The van der Waals surface area contributed by atoms with Crippen molar-refractivity contribution in [1.29, 1.82) is 0 Å². The number of fused-ring (bicyclic) bond motifs is 2. The van der Waals surface area contributed by atoms with Gasteiger partial charge < -0.3 is 5.32 Å². The van der Waals surface area contributed by atoms with Crippen LogP contribution in [0.5, 0.6) is 0 Å². The summed E-state index contributed by atoms with van der Waals surface area (Å²) in [6.07, 6.45) is 6.39. The summed E-state index contributed by atoms with van der Waals surface area (Å²) >= 11 is 0. The van der Waals surface area contributed by atoms with E-state index in [1.54, 1.807) is 0 Å². The predicted octanol–water partition coefficient (Wildman–Crippen LogP) is 4.51. The zero-order valence-electron chi connectivity index (χ0n) is 13.1. The predicted molar refractivity (Wildman–Crippen MR) is 92.7 cm³/mol. The zero-order valence-corrected chi connectivity index (χ0v) is 13.1. The molecule has 1 saturated heterocycles. The number of piperidine rings is 1. The lowest BCUT2D eigenvalue weighted by Crippen LogP contribution is -2.29. The summed E-state index contributed by atoms with van der Waals surface area (Å²) in [4.78, 5) is 2.60. The van der Waals surface area contributed by atoms with Crippen molar-refractivity contribution in [2.45, 2.75) is 38.6 Å². The van der Waals surface area contributed by atoms with E-state index < -0.39 is 0 Å². The van der Waals surface area contributed by atoms with Crippen LogP contribution in [0.1, 0.15) is 36.0 Å². The molecule has 1 fully saturated rings. The van der Waals surface area contributed by atoms with E-state index >= 15 is 0 Å². The lowest BCUT2D eigenvalue weighted by Gasteiger charge is -2.26. The van der Waals surface area contributed by atoms with Gasteiger partial charge in [0.2, 0.25) is 0 Å². The Hall–Kier alpha value is -1.80. The van der Waals surface area contributed by atoms with E-state index in [2.05, 4.69) is 52.7 Å². The minimum atomic E-state index is 1.11. The molecule has 0 spiro atoms. The third kappa shape index (κ3) is 2.89. The maximum absolute atomic E-state index is 3.62. The van der Waals surface area contributed by atoms with E-state index in [4.69, 9.17) is 0 Å². The van der Waals surface area contributed by atoms with E-state index in [9.17, 15) is 0 Å². The van der Waals surface area contributed by atoms with Crippen LogP contribution >= 0.6 is 0 Å². The molecule has 114 valence electrons. The van der Waals surface area contributed by atoms with Crippen molar-refractivity contribution in [3.8, 4) is 0 Å². The normalized spacial score (nSPS) is 18.0. The van der Waals surface area contributed by atoms with Crippen LogP contribution in [0.25, 0.3) is 0 Å². The van der Waals surface area contributed by atoms with E-state index in [0.717, 1.165) is 19.4 Å². The van der Waals surface area contributed by atoms with Gasteiger partial charge in [0.15, 0.2) is 0 Å². The summed E-state index contributed by atoms with van der Waals surface area (Å²) < 4.78 is 0. The number of para-hydroxylation sites is 1. The molecule has 2 heterocycles. The highest BCUT2D eigenvalue weighted by Gasteiger charge is 2.14. The van der Waals surface area contributed by atoms with Crippen molar-refractivity contribution in [2.75, 3.05) is 18.4 Å². The smallest absolute Gasteiger partial charge is 0.0417 e. The molecule has 2 aliphatic heterocycles. The number of nitrogens with zero attached hydrogens (tertiary/aromatic N) is 1. The standard InChI is InChI=1S/C20H24N2/c1-4-12-22(13-5-1)15-16-8-11-20-18(14-16)10-9-17-6-2-3-7-19(17)21-20/h2-3,6-8,11,14,21H,1,4-5,9-10,12-13,15H2. The lowest BCUT2D eigenvalue weighted by molar-refractivity contribution is 0.221. The molecule has 2 nitrogen and oxygen atoms in total. The van der Waals surface area contributed by atoms with Crippen LogP contribution in [0, 0.1) is 0 Å². The Morgan fingerprint density at radius 3 is 2.50 bits per heavy atom. The fourth-order valence-corrected chi connectivity index (χ4v) is 3.72.